The fourth-order valence-electron chi connectivity index (χ4n) is 1.59. The van der Waals surface area contributed by atoms with E-state index in [1.807, 2.05) is 0 Å². The Hall–Kier alpha value is -2.38. The molecule has 1 aromatic heterocycles. The summed E-state index contributed by atoms with van der Waals surface area (Å²) in [5, 5.41) is 9.67. The number of esters is 1. The number of ether oxygens (including phenoxy) is 1. The molecule has 2 aromatic rings. The summed E-state index contributed by atoms with van der Waals surface area (Å²) in [5.41, 5.74) is -0.346. The molecule has 0 aliphatic heterocycles. The van der Waals surface area contributed by atoms with Crippen molar-refractivity contribution in [2.45, 2.75) is 13.1 Å². The molecule has 0 spiro atoms. The number of benzene rings is 1. The highest BCUT2D eigenvalue weighted by Gasteiger charge is 2.30. The second-order valence-electron chi connectivity index (χ2n) is 3.82. The van der Waals surface area contributed by atoms with Crippen molar-refractivity contribution in [1.29, 1.82) is 0 Å². The number of H-pyrrole nitrogens is 1. The molecule has 20 heavy (non-hydrogen) atoms. The fraction of sp³-hybridized carbons (Fsp3) is 0.250. The summed E-state index contributed by atoms with van der Waals surface area (Å²) in [7, 11) is 0. The third-order valence-corrected chi connectivity index (χ3v) is 2.50. The molecule has 0 atom stereocenters. The predicted octanol–water partition coefficient (Wildman–Crippen LogP) is 2.67. The molecule has 0 saturated carbocycles. The first kappa shape index (κ1) is 14.0. The smallest absolute Gasteiger partial charge is 0.416 e. The molecular weight excluding hydrogens is 275 g/mol. The Morgan fingerprint density at radius 3 is 2.45 bits per heavy atom. The monoisotopic (exact) mass is 285 g/mol. The van der Waals surface area contributed by atoms with Crippen LogP contribution in [-0.2, 0) is 10.9 Å². The van der Waals surface area contributed by atoms with Crippen molar-refractivity contribution in [2.24, 2.45) is 0 Å². The summed E-state index contributed by atoms with van der Waals surface area (Å²) in [6.45, 7) is 1.80. The third kappa shape index (κ3) is 2.79. The number of nitrogens with one attached hydrogen (secondary N) is 1. The van der Waals surface area contributed by atoms with E-state index in [0.717, 1.165) is 12.1 Å². The Balaban J connectivity index is 2.33. The number of carbonyl (C=O) groups is 1. The van der Waals surface area contributed by atoms with E-state index in [2.05, 4.69) is 15.4 Å². The normalized spacial score (nSPS) is 11.4. The lowest BCUT2D eigenvalue weighted by Crippen LogP contribution is -2.07. The van der Waals surface area contributed by atoms with E-state index in [9.17, 15) is 18.0 Å². The first-order valence-electron chi connectivity index (χ1n) is 5.69. The van der Waals surface area contributed by atoms with Gasteiger partial charge in [-0.25, -0.2) is 4.79 Å². The summed E-state index contributed by atoms with van der Waals surface area (Å²) >= 11 is 0. The number of carbonyl (C=O) groups excluding carboxylic acids is 1. The lowest BCUT2D eigenvalue weighted by molar-refractivity contribution is -0.137. The van der Waals surface area contributed by atoms with Gasteiger partial charge in [-0.15, -0.1) is 5.10 Å². The predicted molar refractivity (Wildman–Crippen MR) is 62.8 cm³/mol. The van der Waals surface area contributed by atoms with E-state index >= 15 is 0 Å². The lowest BCUT2D eigenvalue weighted by atomic mass is 10.1. The number of hydrogen-bond acceptors (Lipinski definition) is 4. The number of alkyl halides is 3. The first-order chi connectivity index (χ1) is 9.43. The van der Waals surface area contributed by atoms with Gasteiger partial charge in [0.2, 0.25) is 0 Å². The van der Waals surface area contributed by atoms with Crippen LogP contribution in [0.1, 0.15) is 23.0 Å². The zero-order valence-corrected chi connectivity index (χ0v) is 10.4. The van der Waals surface area contributed by atoms with Crippen molar-refractivity contribution in [3.05, 3.63) is 35.5 Å². The van der Waals surface area contributed by atoms with Crippen molar-refractivity contribution >= 4 is 5.97 Å². The number of rotatable bonds is 3. The molecule has 0 amide bonds. The molecular formula is C12H10F3N3O2. The van der Waals surface area contributed by atoms with E-state index in [4.69, 9.17) is 4.74 Å². The summed E-state index contributed by atoms with van der Waals surface area (Å²) < 4.78 is 42.2. The van der Waals surface area contributed by atoms with Gasteiger partial charge in [0.1, 0.15) is 5.69 Å². The zero-order chi connectivity index (χ0) is 14.8. The molecule has 2 rings (SSSR count). The average molecular weight is 285 g/mol. The number of aromatic amines is 1. The molecule has 0 bridgehead atoms. The standard InChI is InChI=1S/C12H10F3N3O2/c1-2-20-11(19)10-9(16-18-17-10)7-3-5-8(6-4-7)12(13,14)15/h3-6H,2H2,1H3,(H,16,17,18). The van der Waals surface area contributed by atoms with Gasteiger partial charge in [0.25, 0.3) is 0 Å². The molecule has 0 unspecified atom stereocenters. The molecule has 1 N–H and O–H groups in total. The Morgan fingerprint density at radius 1 is 1.25 bits per heavy atom. The number of halogens is 3. The van der Waals surface area contributed by atoms with Gasteiger partial charge in [-0.05, 0) is 19.1 Å². The molecule has 0 radical (unpaired) electrons. The van der Waals surface area contributed by atoms with E-state index in [1.165, 1.54) is 12.1 Å². The second kappa shape index (κ2) is 5.32. The average Bonchev–Trinajstić information content (AvgIpc) is 2.87. The van der Waals surface area contributed by atoms with Crippen LogP contribution in [0.25, 0.3) is 11.3 Å². The van der Waals surface area contributed by atoms with Crippen molar-refractivity contribution < 1.29 is 22.7 Å². The van der Waals surface area contributed by atoms with Crippen molar-refractivity contribution in [3.8, 4) is 11.3 Å². The maximum absolute atomic E-state index is 12.5. The molecule has 8 heteroatoms. The van der Waals surface area contributed by atoms with Gasteiger partial charge in [-0.3, -0.25) is 0 Å². The number of nitrogens with zero attached hydrogens (tertiary/aromatic N) is 2. The van der Waals surface area contributed by atoms with Crippen LogP contribution in [0, 0.1) is 0 Å². The molecule has 1 heterocycles. The number of aromatic nitrogens is 3. The maximum Gasteiger partial charge on any atom is 0.416 e. The minimum Gasteiger partial charge on any atom is -0.461 e. The topological polar surface area (TPSA) is 67.9 Å². The molecule has 106 valence electrons. The summed E-state index contributed by atoms with van der Waals surface area (Å²) in [6.07, 6.45) is -4.41. The van der Waals surface area contributed by atoms with Crippen molar-refractivity contribution in [3.63, 3.8) is 0 Å². The Bertz CT molecular complexity index is 605. The minimum absolute atomic E-state index is 0.0633. The SMILES string of the molecule is CCOC(=O)c1n[nH]nc1-c1ccc(C(F)(F)F)cc1. The van der Waals surface area contributed by atoms with Gasteiger partial charge >= 0.3 is 12.1 Å². The molecule has 0 aliphatic carbocycles. The quantitative estimate of drug-likeness (QED) is 0.880. The van der Waals surface area contributed by atoms with E-state index < -0.39 is 17.7 Å². The largest absolute Gasteiger partial charge is 0.461 e. The van der Waals surface area contributed by atoms with Gasteiger partial charge in [0.15, 0.2) is 5.69 Å². The Labute approximate surface area is 111 Å². The summed E-state index contributed by atoms with van der Waals surface area (Å²) in [6, 6.07) is 4.28. The van der Waals surface area contributed by atoms with Gasteiger partial charge in [0.05, 0.1) is 12.2 Å². The van der Waals surface area contributed by atoms with E-state index in [0.29, 0.717) is 5.56 Å². The van der Waals surface area contributed by atoms with Crippen LogP contribution >= 0.6 is 0 Å². The van der Waals surface area contributed by atoms with Gasteiger partial charge < -0.3 is 4.74 Å². The van der Waals surface area contributed by atoms with Crippen LogP contribution in [0.15, 0.2) is 24.3 Å². The highest BCUT2D eigenvalue weighted by Crippen LogP contribution is 2.31. The number of hydrogen-bond donors (Lipinski definition) is 1. The van der Waals surface area contributed by atoms with Crippen molar-refractivity contribution in [1.82, 2.24) is 15.4 Å². The summed E-state index contributed by atoms with van der Waals surface area (Å²) in [5.74, 6) is -0.684. The second-order valence-corrected chi connectivity index (χ2v) is 3.82. The molecule has 0 fully saturated rings. The Kier molecular flexibility index (Phi) is 3.73. The van der Waals surface area contributed by atoms with Crippen molar-refractivity contribution in [2.75, 3.05) is 6.61 Å². The lowest BCUT2D eigenvalue weighted by Gasteiger charge is -2.07. The maximum atomic E-state index is 12.5. The van der Waals surface area contributed by atoms with Crippen LogP contribution in [0.3, 0.4) is 0 Å². The van der Waals surface area contributed by atoms with Crippen LogP contribution < -0.4 is 0 Å². The van der Waals surface area contributed by atoms with Gasteiger partial charge in [0, 0.05) is 5.56 Å². The minimum atomic E-state index is -4.41. The fourth-order valence-corrected chi connectivity index (χ4v) is 1.59. The van der Waals surface area contributed by atoms with Gasteiger partial charge in [-0.1, -0.05) is 12.1 Å². The molecule has 0 saturated heterocycles. The van der Waals surface area contributed by atoms with E-state index in [-0.39, 0.29) is 18.0 Å². The van der Waals surface area contributed by atoms with Crippen LogP contribution in [0.4, 0.5) is 13.2 Å². The van der Waals surface area contributed by atoms with Crippen LogP contribution in [0.5, 0.6) is 0 Å². The van der Waals surface area contributed by atoms with Crippen LogP contribution in [-0.4, -0.2) is 28.0 Å². The summed E-state index contributed by atoms with van der Waals surface area (Å²) in [4.78, 5) is 11.6. The van der Waals surface area contributed by atoms with Gasteiger partial charge in [-0.2, -0.15) is 23.5 Å². The van der Waals surface area contributed by atoms with Crippen LogP contribution in [0.2, 0.25) is 0 Å². The first-order valence-corrected chi connectivity index (χ1v) is 5.69. The molecule has 1 aromatic carbocycles. The Morgan fingerprint density at radius 2 is 1.90 bits per heavy atom. The molecule has 0 aliphatic rings. The highest BCUT2D eigenvalue weighted by molar-refractivity contribution is 5.93. The highest BCUT2D eigenvalue weighted by atomic mass is 19.4. The zero-order valence-electron chi connectivity index (χ0n) is 10.4. The third-order valence-electron chi connectivity index (χ3n) is 2.50. The molecule has 5 nitrogen and oxygen atoms in total. The van der Waals surface area contributed by atoms with E-state index in [1.54, 1.807) is 6.92 Å².